The molecule has 0 atom stereocenters. The van der Waals surface area contributed by atoms with Crippen molar-refractivity contribution in [1.29, 1.82) is 0 Å². The molecular formula is C10H18O4Si2. The van der Waals surface area contributed by atoms with E-state index in [0.717, 1.165) is 0 Å². The molecule has 4 nitrogen and oxygen atoms in total. The standard InChI is InChI=1S/C10H18O4Si2/c1-13-9(11)7(15(3)4)8(16(5)6)10(12)14-2/h1-6H3. The maximum atomic E-state index is 11.7. The van der Waals surface area contributed by atoms with Crippen molar-refractivity contribution in [3.8, 4) is 0 Å². The number of ether oxygens (including phenoxy) is 2. The molecule has 0 aliphatic rings. The summed E-state index contributed by atoms with van der Waals surface area (Å²) in [5.41, 5.74) is 0. The Morgan fingerprint density at radius 1 is 0.750 bits per heavy atom. The highest BCUT2D eigenvalue weighted by atomic mass is 28.3. The molecule has 0 unspecified atom stereocenters. The normalized spacial score (nSPS) is 12.5. The molecule has 0 rings (SSSR count). The number of hydrogen-bond acceptors (Lipinski definition) is 4. The first-order valence-electron chi connectivity index (χ1n) is 4.88. The molecule has 90 valence electrons. The van der Waals surface area contributed by atoms with Crippen LogP contribution in [0.4, 0.5) is 0 Å². The molecule has 6 heteroatoms. The summed E-state index contributed by atoms with van der Waals surface area (Å²) in [6.45, 7) is 7.85. The van der Waals surface area contributed by atoms with Crippen LogP contribution in [0.1, 0.15) is 0 Å². The average Bonchev–Trinajstić information content (AvgIpc) is 2.22. The van der Waals surface area contributed by atoms with Gasteiger partial charge in [0, 0.05) is 10.4 Å². The van der Waals surface area contributed by atoms with Crippen LogP contribution >= 0.6 is 0 Å². The van der Waals surface area contributed by atoms with Gasteiger partial charge in [-0.15, -0.1) is 0 Å². The quantitative estimate of drug-likeness (QED) is 0.432. The van der Waals surface area contributed by atoms with Gasteiger partial charge < -0.3 is 9.47 Å². The van der Waals surface area contributed by atoms with Crippen LogP contribution in [-0.4, -0.2) is 43.8 Å². The van der Waals surface area contributed by atoms with Crippen molar-refractivity contribution >= 4 is 29.5 Å². The lowest BCUT2D eigenvalue weighted by Crippen LogP contribution is -2.29. The zero-order chi connectivity index (χ0) is 12.9. The Morgan fingerprint density at radius 3 is 1.12 bits per heavy atom. The van der Waals surface area contributed by atoms with Crippen LogP contribution in [-0.2, 0) is 19.1 Å². The molecule has 0 bridgehead atoms. The second-order valence-electron chi connectivity index (χ2n) is 3.73. The first kappa shape index (κ1) is 15.1. The number of esters is 2. The lowest BCUT2D eigenvalue weighted by atomic mass is 10.5. The zero-order valence-corrected chi connectivity index (χ0v) is 12.6. The molecule has 0 aromatic heterocycles. The van der Waals surface area contributed by atoms with Gasteiger partial charge in [0.25, 0.3) is 0 Å². The van der Waals surface area contributed by atoms with Gasteiger partial charge in [0.1, 0.15) is 0 Å². The Hall–Kier alpha value is -0.886. The lowest BCUT2D eigenvalue weighted by Gasteiger charge is -2.16. The molecule has 0 saturated carbocycles. The zero-order valence-electron chi connectivity index (χ0n) is 10.6. The predicted octanol–water partition coefficient (Wildman–Crippen LogP) is 1.22. The van der Waals surface area contributed by atoms with E-state index < -0.39 is 29.5 Å². The van der Waals surface area contributed by atoms with Crippen LogP contribution in [0.2, 0.25) is 26.2 Å². The Bertz CT molecular complexity index is 278. The maximum Gasteiger partial charge on any atom is 0.329 e. The maximum absolute atomic E-state index is 11.7. The highest BCUT2D eigenvalue weighted by Gasteiger charge is 2.27. The Labute approximate surface area is 99.8 Å². The van der Waals surface area contributed by atoms with Crippen LogP contribution < -0.4 is 0 Å². The second kappa shape index (κ2) is 6.64. The number of carbonyl (C=O) groups excluding carboxylic acids is 2. The van der Waals surface area contributed by atoms with Gasteiger partial charge in [-0.3, -0.25) is 0 Å². The molecule has 0 N–H and O–H groups in total. The van der Waals surface area contributed by atoms with Crippen LogP contribution in [0.15, 0.2) is 10.4 Å². The van der Waals surface area contributed by atoms with E-state index in [1.807, 2.05) is 26.2 Å². The van der Waals surface area contributed by atoms with Crippen molar-refractivity contribution in [1.82, 2.24) is 0 Å². The van der Waals surface area contributed by atoms with Crippen molar-refractivity contribution in [3.05, 3.63) is 10.4 Å². The van der Waals surface area contributed by atoms with Gasteiger partial charge in [0.15, 0.2) is 0 Å². The van der Waals surface area contributed by atoms with Crippen molar-refractivity contribution in [2.75, 3.05) is 14.2 Å². The van der Waals surface area contributed by atoms with E-state index in [1.54, 1.807) is 0 Å². The Morgan fingerprint density at radius 2 is 1.00 bits per heavy atom. The second-order valence-corrected chi connectivity index (χ2v) is 8.73. The molecule has 2 radical (unpaired) electrons. The summed E-state index contributed by atoms with van der Waals surface area (Å²) in [7, 11) is 0.561. The third-order valence-corrected chi connectivity index (χ3v) is 5.19. The van der Waals surface area contributed by atoms with E-state index in [2.05, 4.69) is 0 Å². The molecular weight excluding hydrogens is 240 g/mol. The first-order chi connectivity index (χ1) is 7.36. The minimum Gasteiger partial charge on any atom is -0.466 e. The van der Waals surface area contributed by atoms with Gasteiger partial charge in [-0.25, -0.2) is 9.59 Å². The number of carbonyl (C=O) groups is 2. The van der Waals surface area contributed by atoms with E-state index in [9.17, 15) is 9.59 Å². The summed E-state index contributed by atoms with van der Waals surface area (Å²) in [6, 6.07) is 0. The molecule has 0 aromatic rings. The average molecular weight is 258 g/mol. The SMILES string of the molecule is COC(=O)C(=C(C(=O)OC)[Si](C)C)[Si](C)C. The molecule has 0 spiro atoms. The monoisotopic (exact) mass is 258 g/mol. The number of rotatable bonds is 4. The summed E-state index contributed by atoms with van der Waals surface area (Å²) < 4.78 is 9.47. The summed E-state index contributed by atoms with van der Waals surface area (Å²) in [6.07, 6.45) is 0. The van der Waals surface area contributed by atoms with Gasteiger partial charge >= 0.3 is 11.9 Å². The van der Waals surface area contributed by atoms with Crippen molar-refractivity contribution in [2.24, 2.45) is 0 Å². The van der Waals surface area contributed by atoms with Crippen molar-refractivity contribution in [3.63, 3.8) is 0 Å². The Balaban J connectivity index is 5.63. The molecule has 0 amide bonds. The minimum absolute atomic E-state index is 0.398. The highest BCUT2D eigenvalue weighted by Crippen LogP contribution is 2.15. The largest absolute Gasteiger partial charge is 0.466 e. The van der Waals surface area contributed by atoms with E-state index >= 15 is 0 Å². The van der Waals surface area contributed by atoms with E-state index in [4.69, 9.17) is 9.47 Å². The smallest absolute Gasteiger partial charge is 0.329 e. The lowest BCUT2D eigenvalue weighted by molar-refractivity contribution is -0.138. The van der Waals surface area contributed by atoms with Gasteiger partial charge in [0.05, 0.1) is 31.8 Å². The van der Waals surface area contributed by atoms with Crippen LogP contribution in [0.5, 0.6) is 0 Å². The predicted molar refractivity (Wildman–Crippen MR) is 66.0 cm³/mol. The third-order valence-electron chi connectivity index (χ3n) is 2.03. The number of hydrogen-bond donors (Lipinski definition) is 0. The van der Waals surface area contributed by atoms with Crippen LogP contribution in [0.25, 0.3) is 0 Å². The third kappa shape index (κ3) is 3.60. The van der Waals surface area contributed by atoms with Crippen LogP contribution in [0.3, 0.4) is 0 Å². The highest BCUT2D eigenvalue weighted by molar-refractivity contribution is 6.78. The summed E-state index contributed by atoms with van der Waals surface area (Å²) >= 11 is 0. The van der Waals surface area contributed by atoms with Crippen molar-refractivity contribution < 1.29 is 19.1 Å². The van der Waals surface area contributed by atoms with Crippen molar-refractivity contribution in [2.45, 2.75) is 26.2 Å². The molecule has 0 heterocycles. The van der Waals surface area contributed by atoms with Gasteiger partial charge in [0.2, 0.25) is 0 Å². The van der Waals surface area contributed by atoms with Gasteiger partial charge in [-0.1, -0.05) is 26.2 Å². The molecule has 0 saturated heterocycles. The van der Waals surface area contributed by atoms with E-state index in [0.29, 0.717) is 10.4 Å². The molecule has 16 heavy (non-hydrogen) atoms. The van der Waals surface area contributed by atoms with Gasteiger partial charge in [-0.05, 0) is 0 Å². The fraction of sp³-hybridized carbons (Fsp3) is 0.600. The summed E-state index contributed by atoms with van der Waals surface area (Å²) in [5.74, 6) is -0.795. The molecule has 0 aromatic carbocycles. The van der Waals surface area contributed by atoms with E-state index in [1.165, 1.54) is 14.2 Å². The summed E-state index contributed by atoms with van der Waals surface area (Å²) in [5, 5.41) is 1.08. The summed E-state index contributed by atoms with van der Waals surface area (Å²) in [4.78, 5) is 23.3. The first-order valence-corrected chi connectivity index (χ1v) is 9.88. The fourth-order valence-electron chi connectivity index (χ4n) is 1.32. The molecule has 0 fully saturated rings. The molecule has 0 aliphatic carbocycles. The molecule has 0 aliphatic heterocycles. The van der Waals surface area contributed by atoms with Gasteiger partial charge in [-0.2, -0.15) is 0 Å². The van der Waals surface area contributed by atoms with Crippen LogP contribution in [0, 0.1) is 0 Å². The fourth-order valence-corrected chi connectivity index (χ4v) is 5.04. The topological polar surface area (TPSA) is 52.6 Å². The number of methoxy groups -OCH3 is 2. The Kier molecular flexibility index (Phi) is 6.28. The minimum atomic E-state index is -1.05. The van der Waals surface area contributed by atoms with E-state index in [-0.39, 0.29) is 0 Å².